The van der Waals surface area contributed by atoms with Gasteiger partial charge in [0.25, 0.3) is 0 Å². The van der Waals surface area contributed by atoms with E-state index in [0.29, 0.717) is 18.6 Å². The second-order valence-corrected chi connectivity index (χ2v) is 8.00. The number of hydrogen-bond acceptors (Lipinski definition) is 4. The van der Waals surface area contributed by atoms with Crippen LogP contribution in [-0.4, -0.2) is 28.7 Å². The Morgan fingerprint density at radius 3 is 2.78 bits per heavy atom. The normalized spacial score (nSPS) is 40.9. The van der Waals surface area contributed by atoms with E-state index in [1.807, 2.05) is 13.0 Å². The van der Waals surface area contributed by atoms with Gasteiger partial charge in [0.1, 0.15) is 5.78 Å². The molecule has 1 aromatic rings. The van der Waals surface area contributed by atoms with Gasteiger partial charge in [-0.05, 0) is 55.1 Å². The van der Waals surface area contributed by atoms with Crippen molar-refractivity contribution in [3.05, 3.63) is 24.2 Å². The van der Waals surface area contributed by atoms with Gasteiger partial charge in [0.2, 0.25) is 0 Å². The van der Waals surface area contributed by atoms with Gasteiger partial charge in [-0.25, -0.2) is 0 Å². The minimum atomic E-state index is -0.498. The monoisotopic (exact) mass is 320 g/mol. The topological polar surface area (TPSA) is 70.7 Å². The average Bonchev–Trinajstić information content (AvgIpc) is 3.04. The molecule has 2 saturated carbocycles. The van der Waals surface area contributed by atoms with Crippen LogP contribution < -0.4 is 0 Å². The summed E-state index contributed by atoms with van der Waals surface area (Å²) in [4.78, 5) is 12.6. The highest BCUT2D eigenvalue weighted by atomic mass is 16.3. The van der Waals surface area contributed by atoms with Crippen molar-refractivity contribution >= 4 is 5.78 Å². The van der Waals surface area contributed by atoms with Crippen molar-refractivity contribution in [1.29, 1.82) is 0 Å². The number of rotatable bonds is 4. The average molecular weight is 320 g/mol. The summed E-state index contributed by atoms with van der Waals surface area (Å²) in [6, 6.07) is 1.95. The molecule has 3 rings (SSSR count). The van der Waals surface area contributed by atoms with E-state index in [1.165, 1.54) is 0 Å². The molecule has 0 saturated heterocycles. The Bertz CT molecular complexity index is 552. The minimum Gasteiger partial charge on any atom is -0.472 e. The minimum absolute atomic E-state index is 0.00882. The summed E-state index contributed by atoms with van der Waals surface area (Å²) in [5.74, 6) is 0.550. The Labute approximate surface area is 137 Å². The largest absolute Gasteiger partial charge is 0.472 e. The molecular weight excluding hydrogens is 292 g/mol. The van der Waals surface area contributed by atoms with Gasteiger partial charge in [-0.3, -0.25) is 4.79 Å². The fourth-order valence-corrected chi connectivity index (χ4v) is 5.29. The summed E-state index contributed by atoms with van der Waals surface area (Å²) < 4.78 is 5.13. The van der Waals surface area contributed by atoms with Gasteiger partial charge < -0.3 is 14.6 Å². The predicted molar refractivity (Wildman–Crippen MR) is 86.8 cm³/mol. The molecule has 0 aromatic carbocycles. The third kappa shape index (κ3) is 2.66. The number of ketones is 1. The highest BCUT2D eigenvalue weighted by Crippen LogP contribution is 2.59. The summed E-state index contributed by atoms with van der Waals surface area (Å²) >= 11 is 0. The second kappa shape index (κ2) is 6.06. The van der Waals surface area contributed by atoms with Gasteiger partial charge in [0.05, 0.1) is 25.2 Å². The number of aliphatic hydroxyl groups excluding tert-OH is 2. The van der Waals surface area contributed by atoms with E-state index in [9.17, 15) is 15.0 Å². The first-order valence-corrected chi connectivity index (χ1v) is 8.74. The van der Waals surface area contributed by atoms with Crippen LogP contribution in [0.25, 0.3) is 0 Å². The van der Waals surface area contributed by atoms with Crippen LogP contribution >= 0.6 is 0 Å². The molecule has 0 unspecified atom stereocenters. The van der Waals surface area contributed by atoms with Gasteiger partial charge in [-0.2, -0.15) is 0 Å². The maximum Gasteiger partial charge on any atom is 0.136 e. The van der Waals surface area contributed by atoms with E-state index in [4.69, 9.17) is 4.42 Å². The molecule has 4 heteroatoms. The smallest absolute Gasteiger partial charge is 0.136 e. The molecule has 2 aliphatic rings. The second-order valence-electron chi connectivity index (χ2n) is 8.00. The summed E-state index contributed by atoms with van der Waals surface area (Å²) in [6.07, 6.45) is 7.47. The van der Waals surface area contributed by atoms with Crippen molar-refractivity contribution in [3.63, 3.8) is 0 Å². The number of carbonyl (C=O) groups is 1. The maximum atomic E-state index is 12.6. The molecule has 0 spiro atoms. The summed E-state index contributed by atoms with van der Waals surface area (Å²) in [6.45, 7) is 4.17. The van der Waals surface area contributed by atoms with Crippen molar-refractivity contribution in [2.75, 3.05) is 6.61 Å². The standard InChI is InChI=1S/C19H28O4/c1-18-9-7-17(22)19(2,12-20)16(18)6-5-15(21)14(18)4-3-13-8-10-23-11-13/h8,10-11,14,16-17,20,22H,3-7,9,12H2,1-2H3/t14-,16+,17-,18+,19+/m1/s1. The fourth-order valence-electron chi connectivity index (χ4n) is 5.29. The SMILES string of the molecule is C[C@]1(CO)[C@H]2CCC(=O)[C@@H](CCc3ccoc3)[C@]2(C)CC[C@H]1O. The lowest BCUT2D eigenvalue weighted by Crippen LogP contribution is -2.58. The maximum absolute atomic E-state index is 12.6. The van der Waals surface area contributed by atoms with Crippen LogP contribution in [0.5, 0.6) is 0 Å². The molecule has 5 atom stereocenters. The van der Waals surface area contributed by atoms with Crippen molar-refractivity contribution in [2.45, 2.75) is 58.5 Å². The third-order valence-electron chi connectivity index (χ3n) is 6.82. The molecular formula is C19H28O4. The molecule has 23 heavy (non-hydrogen) atoms. The molecule has 0 aliphatic heterocycles. The molecule has 128 valence electrons. The fraction of sp³-hybridized carbons (Fsp3) is 0.737. The number of carbonyl (C=O) groups excluding carboxylic acids is 1. The Kier molecular flexibility index (Phi) is 4.41. The first kappa shape index (κ1) is 16.7. The zero-order valence-electron chi connectivity index (χ0n) is 14.1. The summed E-state index contributed by atoms with van der Waals surface area (Å²) in [5.41, 5.74) is 0.501. The van der Waals surface area contributed by atoms with Crippen molar-refractivity contribution in [2.24, 2.45) is 22.7 Å². The van der Waals surface area contributed by atoms with Crippen LogP contribution in [0.1, 0.15) is 51.5 Å². The number of aliphatic hydroxyl groups is 2. The van der Waals surface area contributed by atoms with E-state index in [1.54, 1.807) is 12.5 Å². The predicted octanol–water partition coefficient (Wildman–Crippen LogP) is 2.97. The molecule has 1 heterocycles. The van der Waals surface area contributed by atoms with Crippen LogP contribution in [-0.2, 0) is 11.2 Å². The first-order valence-electron chi connectivity index (χ1n) is 8.74. The van der Waals surface area contributed by atoms with Crippen molar-refractivity contribution in [1.82, 2.24) is 0 Å². The van der Waals surface area contributed by atoms with Crippen LogP contribution in [0.15, 0.2) is 23.0 Å². The molecule has 0 bridgehead atoms. The number of furan rings is 1. The van der Waals surface area contributed by atoms with E-state index in [0.717, 1.165) is 31.2 Å². The van der Waals surface area contributed by atoms with Crippen LogP contribution in [0.2, 0.25) is 0 Å². The number of aryl methyl sites for hydroxylation is 1. The van der Waals surface area contributed by atoms with Gasteiger partial charge >= 0.3 is 0 Å². The Balaban J connectivity index is 1.85. The molecule has 1 aromatic heterocycles. The highest BCUT2D eigenvalue weighted by molar-refractivity contribution is 5.83. The van der Waals surface area contributed by atoms with E-state index >= 15 is 0 Å². The first-order chi connectivity index (χ1) is 10.9. The van der Waals surface area contributed by atoms with E-state index < -0.39 is 11.5 Å². The number of hydrogen-bond donors (Lipinski definition) is 2. The summed E-state index contributed by atoms with van der Waals surface area (Å²) in [5, 5.41) is 20.4. The molecule has 2 fully saturated rings. The molecule has 0 amide bonds. The van der Waals surface area contributed by atoms with Gasteiger partial charge in [0, 0.05) is 17.8 Å². The Hall–Kier alpha value is -1.13. The van der Waals surface area contributed by atoms with Crippen LogP contribution in [0.4, 0.5) is 0 Å². The Morgan fingerprint density at radius 1 is 1.35 bits per heavy atom. The quantitative estimate of drug-likeness (QED) is 0.895. The third-order valence-corrected chi connectivity index (χ3v) is 6.82. The lowest BCUT2D eigenvalue weighted by molar-refractivity contribution is -0.171. The van der Waals surface area contributed by atoms with Gasteiger partial charge in [-0.15, -0.1) is 0 Å². The van der Waals surface area contributed by atoms with Crippen LogP contribution in [0, 0.1) is 22.7 Å². The van der Waals surface area contributed by atoms with Gasteiger partial charge in [-0.1, -0.05) is 13.8 Å². The van der Waals surface area contributed by atoms with E-state index in [-0.39, 0.29) is 23.9 Å². The zero-order valence-corrected chi connectivity index (χ0v) is 14.1. The van der Waals surface area contributed by atoms with Crippen LogP contribution in [0.3, 0.4) is 0 Å². The van der Waals surface area contributed by atoms with Crippen molar-refractivity contribution in [3.8, 4) is 0 Å². The zero-order chi connectivity index (χ0) is 16.7. The molecule has 4 nitrogen and oxygen atoms in total. The molecule has 2 aliphatic carbocycles. The number of fused-ring (bicyclic) bond motifs is 1. The Morgan fingerprint density at radius 2 is 2.13 bits per heavy atom. The number of Topliss-reactive ketones (excluding diaryl/α,β-unsaturated/α-hetero) is 1. The van der Waals surface area contributed by atoms with Crippen molar-refractivity contribution < 1.29 is 19.4 Å². The summed E-state index contributed by atoms with van der Waals surface area (Å²) in [7, 11) is 0. The lowest BCUT2D eigenvalue weighted by Gasteiger charge is -2.58. The molecule has 2 N–H and O–H groups in total. The van der Waals surface area contributed by atoms with E-state index in [2.05, 4.69) is 6.92 Å². The lowest BCUT2D eigenvalue weighted by atomic mass is 9.46. The molecule has 0 radical (unpaired) electrons. The van der Waals surface area contributed by atoms with Gasteiger partial charge in [0.15, 0.2) is 0 Å². The highest BCUT2D eigenvalue weighted by Gasteiger charge is 2.58.